The fourth-order valence-electron chi connectivity index (χ4n) is 1.31. The van der Waals surface area contributed by atoms with Crippen LogP contribution in [0.25, 0.3) is 10.9 Å². The van der Waals surface area contributed by atoms with Crippen molar-refractivity contribution in [1.82, 2.24) is 4.57 Å². The summed E-state index contributed by atoms with van der Waals surface area (Å²) in [5.74, 6) is 0. The van der Waals surface area contributed by atoms with Gasteiger partial charge >= 0.3 is 0 Å². The summed E-state index contributed by atoms with van der Waals surface area (Å²) in [6.45, 7) is 0. The molecular weight excluding hydrogens is 282 g/mol. The van der Waals surface area contributed by atoms with E-state index in [1.165, 1.54) is 10.9 Å². The molecule has 0 fully saturated rings. The van der Waals surface area contributed by atoms with E-state index in [2.05, 4.69) is 54.8 Å². The molecule has 0 saturated carbocycles. The molecule has 1 nitrogen and oxygen atoms in total. The first-order valence-electron chi connectivity index (χ1n) is 3.58. The number of benzene rings is 1. The lowest BCUT2D eigenvalue weighted by molar-refractivity contribution is 0.966. The van der Waals surface area contributed by atoms with Crippen LogP contribution in [0, 0.1) is 0 Å². The van der Waals surface area contributed by atoms with E-state index in [9.17, 15) is 0 Å². The maximum Gasteiger partial charge on any atom is 0.0500 e. The largest absolute Gasteiger partial charge is 0.349 e. The number of hydrogen-bond donors (Lipinski definition) is 0. The van der Waals surface area contributed by atoms with Crippen LogP contribution in [-0.4, -0.2) is 4.57 Å². The molecule has 62 valence electrons. The first-order valence-corrected chi connectivity index (χ1v) is 5.17. The Hall–Kier alpha value is -0.280. The van der Waals surface area contributed by atoms with Crippen molar-refractivity contribution in [3.8, 4) is 0 Å². The molecule has 12 heavy (non-hydrogen) atoms. The van der Waals surface area contributed by atoms with Crippen LogP contribution in [0.5, 0.6) is 0 Å². The third-order valence-electron chi connectivity index (χ3n) is 1.90. The van der Waals surface area contributed by atoms with Crippen LogP contribution in [0.3, 0.4) is 0 Å². The van der Waals surface area contributed by atoms with Gasteiger partial charge in [-0.3, -0.25) is 0 Å². The van der Waals surface area contributed by atoms with Gasteiger partial charge < -0.3 is 4.57 Å². The van der Waals surface area contributed by atoms with E-state index in [-0.39, 0.29) is 0 Å². The Morgan fingerprint density at radius 1 is 1.25 bits per heavy atom. The van der Waals surface area contributed by atoms with Crippen molar-refractivity contribution in [2.45, 2.75) is 0 Å². The lowest BCUT2D eigenvalue weighted by Gasteiger charge is -1.95. The van der Waals surface area contributed by atoms with Gasteiger partial charge in [-0.2, -0.15) is 0 Å². The molecular formula is C9H7Br2N. The van der Waals surface area contributed by atoms with E-state index in [0.717, 1.165) is 8.95 Å². The molecule has 0 unspecified atom stereocenters. The van der Waals surface area contributed by atoms with Crippen molar-refractivity contribution >= 4 is 42.8 Å². The van der Waals surface area contributed by atoms with Gasteiger partial charge in [0, 0.05) is 27.6 Å². The summed E-state index contributed by atoms with van der Waals surface area (Å²) in [5, 5.41) is 1.25. The highest BCUT2D eigenvalue weighted by Gasteiger charge is 2.02. The smallest absolute Gasteiger partial charge is 0.0500 e. The SMILES string of the molecule is Cn1cc(Br)c2ccc(Br)cc21. The number of aromatic nitrogens is 1. The summed E-state index contributed by atoms with van der Waals surface area (Å²) >= 11 is 6.95. The summed E-state index contributed by atoms with van der Waals surface area (Å²) in [4.78, 5) is 0. The molecule has 0 atom stereocenters. The van der Waals surface area contributed by atoms with Crippen molar-refractivity contribution in [2.75, 3.05) is 0 Å². The molecule has 0 saturated heterocycles. The van der Waals surface area contributed by atoms with Crippen molar-refractivity contribution in [1.29, 1.82) is 0 Å². The molecule has 1 heterocycles. The van der Waals surface area contributed by atoms with E-state index in [1.807, 2.05) is 13.1 Å². The number of nitrogens with zero attached hydrogens (tertiary/aromatic N) is 1. The van der Waals surface area contributed by atoms with Gasteiger partial charge in [-0.05, 0) is 28.1 Å². The van der Waals surface area contributed by atoms with Gasteiger partial charge in [0.25, 0.3) is 0 Å². The first kappa shape index (κ1) is 8.32. The van der Waals surface area contributed by atoms with Crippen LogP contribution in [0.15, 0.2) is 33.3 Å². The number of halogens is 2. The Kier molecular flexibility index (Phi) is 2.00. The molecule has 0 spiro atoms. The molecule has 0 aliphatic heterocycles. The van der Waals surface area contributed by atoms with Crippen LogP contribution in [0.2, 0.25) is 0 Å². The van der Waals surface area contributed by atoms with Gasteiger partial charge in [0.2, 0.25) is 0 Å². The molecule has 0 bridgehead atoms. The fraction of sp³-hybridized carbons (Fsp3) is 0.111. The summed E-state index contributed by atoms with van der Waals surface area (Å²) in [6.07, 6.45) is 2.07. The molecule has 1 aromatic heterocycles. The fourth-order valence-corrected chi connectivity index (χ4v) is 2.30. The third-order valence-corrected chi connectivity index (χ3v) is 3.03. The van der Waals surface area contributed by atoms with Crippen LogP contribution in [0.1, 0.15) is 0 Å². The maximum absolute atomic E-state index is 3.51. The van der Waals surface area contributed by atoms with Crippen molar-refractivity contribution in [3.63, 3.8) is 0 Å². The number of rotatable bonds is 0. The molecule has 1 aromatic carbocycles. The summed E-state index contributed by atoms with van der Waals surface area (Å²) in [5.41, 5.74) is 1.23. The zero-order valence-electron chi connectivity index (χ0n) is 6.51. The van der Waals surface area contributed by atoms with Crippen molar-refractivity contribution < 1.29 is 0 Å². The van der Waals surface area contributed by atoms with E-state index < -0.39 is 0 Å². The molecule has 0 radical (unpaired) electrons. The van der Waals surface area contributed by atoms with Gasteiger partial charge in [0.05, 0.1) is 5.52 Å². The average Bonchev–Trinajstić information content (AvgIpc) is 2.28. The predicted molar refractivity (Wildman–Crippen MR) is 58.3 cm³/mol. The van der Waals surface area contributed by atoms with E-state index >= 15 is 0 Å². The average molecular weight is 289 g/mol. The molecule has 2 rings (SSSR count). The molecule has 0 aliphatic rings. The Morgan fingerprint density at radius 3 is 2.75 bits per heavy atom. The quantitative estimate of drug-likeness (QED) is 0.697. The van der Waals surface area contributed by atoms with Crippen molar-refractivity contribution in [2.24, 2.45) is 7.05 Å². The Bertz CT molecular complexity index is 431. The molecule has 3 heteroatoms. The Morgan fingerprint density at radius 2 is 2.00 bits per heavy atom. The zero-order valence-corrected chi connectivity index (χ0v) is 9.68. The number of hydrogen-bond acceptors (Lipinski definition) is 0. The Labute approximate surface area is 87.6 Å². The minimum Gasteiger partial charge on any atom is -0.349 e. The normalized spacial score (nSPS) is 10.9. The first-order chi connectivity index (χ1) is 5.68. The summed E-state index contributed by atoms with van der Waals surface area (Å²) < 4.78 is 4.36. The van der Waals surface area contributed by atoms with Gasteiger partial charge in [-0.1, -0.05) is 22.0 Å². The molecule has 2 aromatic rings. The van der Waals surface area contributed by atoms with Crippen LogP contribution < -0.4 is 0 Å². The van der Waals surface area contributed by atoms with E-state index in [1.54, 1.807) is 0 Å². The highest BCUT2D eigenvalue weighted by atomic mass is 79.9. The molecule has 0 N–H and O–H groups in total. The van der Waals surface area contributed by atoms with Crippen LogP contribution in [-0.2, 0) is 7.05 Å². The third kappa shape index (κ3) is 1.21. The van der Waals surface area contributed by atoms with E-state index in [4.69, 9.17) is 0 Å². The zero-order chi connectivity index (χ0) is 8.72. The maximum atomic E-state index is 3.51. The molecule has 0 aliphatic carbocycles. The van der Waals surface area contributed by atoms with Gasteiger partial charge in [0.1, 0.15) is 0 Å². The lowest BCUT2D eigenvalue weighted by Crippen LogP contribution is -1.82. The topological polar surface area (TPSA) is 4.93 Å². The summed E-state index contributed by atoms with van der Waals surface area (Å²) in [6, 6.07) is 6.26. The number of fused-ring (bicyclic) bond motifs is 1. The second-order valence-corrected chi connectivity index (χ2v) is 4.52. The van der Waals surface area contributed by atoms with Gasteiger partial charge in [-0.15, -0.1) is 0 Å². The minimum atomic E-state index is 1.11. The Balaban J connectivity index is 2.90. The van der Waals surface area contributed by atoms with Crippen molar-refractivity contribution in [3.05, 3.63) is 33.3 Å². The van der Waals surface area contributed by atoms with Crippen LogP contribution >= 0.6 is 31.9 Å². The monoisotopic (exact) mass is 287 g/mol. The predicted octanol–water partition coefficient (Wildman–Crippen LogP) is 3.70. The second-order valence-electron chi connectivity index (χ2n) is 2.75. The highest BCUT2D eigenvalue weighted by Crippen LogP contribution is 2.27. The van der Waals surface area contributed by atoms with E-state index in [0.29, 0.717) is 0 Å². The number of aryl methyl sites for hydroxylation is 1. The minimum absolute atomic E-state index is 1.11. The van der Waals surface area contributed by atoms with Gasteiger partial charge in [-0.25, -0.2) is 0 Å². The lowest BCUT2D eigenvalue weighted by atomic mass is 10.2. The standard InChI is InChI=1S/C9H7Br2N/c1-12-5-8(11)7-3-2-6(10)4-9(7)12/h2-5H,1H3. The molecule has 0 amide bonds. The second kappa shape index (κ2) is 2.89. The highest BCUT2D eigenvalue weighted by molar-refractivity contribution is 9.11. The van der Waals surface area contributed by atoms with Gasteiger partial charge in [0.15, 0.2) is 0 Å². The summed E-state index contributed by atoms with van der Waals surface area (Å²) in [7, 11) is 2.04. The van der Waals surface area contributed by atoms with Crippen LogP contribution in [0.4, 0.5) is 0 Å².